The summed E-state index contributed by atoms with van der Waals surface area (Å²) in [5, 5.41) is 10.2. The molecule has 0 aliphatic heterocycles. The number of hydrogen-bond donors (Lipinski definition) is 2. The van der Waals surface area contributed by atoms with Crippen molar-refractivity contribution in [3.8, 4) is 0 Å². The second kappa shape index (κ2) is 12.7. The van der Waals surface area contributed by atoms with Gasteiger partial charge in [-0.2, -0.15) is 0 Å². The molecule has 0 saturated carbocycles. The third-order valence-corrected chi connectivity index (χ3v) is 4.49. The van der Waals surface area contributed by atoms with E-state index < -0.39 is 0 Å². The minimum Gasteiger partial charge on any atom is -0.400 e. The highest BCUT2D eigenvalue weighted by atomic mass is 16.2. The Morgan fingerprint density at radius 1 is 1.00 bits per heavy atom. The fraction of sp³-hybridized carbons (Fsp3) is 0.952. The van der Waals surface area contributed by atoms with Gasteiger partial charge in [0.1, 0.15) is 0 Å². The van der Waals surface area contributed by atoms with Gasteiger partial charge in [-0.3, -0.25) is 4.79 Å². The first kappa shape index (κ1) is 28.2. The summed E-state index contributed by atoms with van der Waals surface area (Å²) in [6, 6.07) is 0. The standard InChI is InChI=1S/C18H37NO.C2H6.CH4O/c1-10-11-18(8,9)19-15(20)12-16(4,5)13-17(6,7)14(2)3;2*1-2/h14H,10-13H2,1-9H3,(H,19,20);1-2H3;2H,1H3. The van der Waals surface area contributed by atoms with Crippen molar-refractivity contribution in [2.24, 2.45) is 16.7 Å². The van der Waals surface area contributed by atoms with Gasteiger partial charge in [-0.1, -0.05) is 68.7 Å². The van der Waals surface area contributed by atoms with E-state index >= 15 is 0 Å². The molecule has 148 valence electrons. The van der Waals surface area contributed by atoms with E-state index in [4.69, 9.17) is 5.11 Å². The largest absolute Gasteiger partial charge is 0.400 e. The number of amides is 1. The molecule has 0 saturated heterocycles. The average molecular weight is 346 g/mol. The quantitative estimate of drug-likeness (QED) is 0.583. The van der Waals surface area contributed by atoms with E-state index in [0.717, 1.165) is 26.4 Å². The molecule has 0 radical (unpaired) electrons. The van der Waals surface area contributed by atoms with Crippen molar-refractivity contribution in [3.05, 3.63) is 0 Å². The van der Waals surface area contributed by atoms with Crippen LogP contribution >= 0.6 is 0 Å². The number of nitrogens with one attached hydrogen (secondary N) is 1. The number of hydrogen-bond acceptors (Lipinski definition) is 2. The Labute approximate surface area is 153 Å². The van der Waals surface area contributed by atoms with E-state index in [1.807, 2.05) is 13.8 Å². The van der Waals surface area contributed by atoms with Gasteiger partial charge in [0.15, 0.2) is 0 Å². The Kier molecular flexibility index (Phi) is 15.0. The van der Waals surface area contributed by atoms with E-state index in [2.05, 4.69) is 67.6 Å². The van der Waals surface area contributed by atoms with Gasteiger partial charge in [-0.05, 0) is 43.4 Å². The molecule has 0 spiro atoms. The molecular weight excluding hydrogens is 298 g/mol. The van der Waals surface area contributed by atoms with Crippen LogP contribution in [0.1, 0.15) is 102 Å². The molecule has 0 aromatic carbocycles. The molecule has 3 nitrogen and oxygen atoms in total. The summed E-state index contributed by atoms with van der Waals surface area (Å²) in [5.74, 6) is 0.814. The lowest BCUT2D eigenvalue weighted by Gasteiger charge is -2.38. The highest BCUT2D eigenvalue weighted by molar-refractivity contribution is 5.77. The summed E-state index contributed by atoms with van der Waals surface area (Å²) in [5.41, 5.74) is 0.221. The molecule has 0 aromatic heterocycles. The van der Waals surface area contributed by atoms with Crippen LogP contribution in [0.2, 0.25) is 0 Å². The van der Waals surface area contributed by atoms with Crippen molar-refractivity contribution in [1.82, 2.24) is 5.32 Å². The molecule has 0 heterocycles. The second-order valence-electron chi connectivity index (χ2n) is 8.84. The number of rotatable bonds is 8. The van der Waals surface area contributed by atoms with Crippen molar-refractivity contribution >= 4 is 5.91 Å². The van der Waals surface area contributed by atoms with Crippen molar-refractivity contribution in [2.45, 2.75) is 107 Å². The van der Waals surface area contributed by atoms with Crippen LogP contribution in [-0.4, -0.2) is 23.7 Å². The molecule has 0 bridgehead atoms. The van der Waals surface area contributed by atoms with E-state index in [1.165, 1.54) is 0 Å². The Morgan fingerprint density at radius 3 is 1.75 bits per heavy atom. The van der Waals surface area contributed by atoms with E-state index in [1.54, 1.807) is 0 Å². The van der Waals surface area contributed by atoms with E-state index in [9.17, 15) is 4.79 Å². The van der Waals surface area contributed by atoms with Crippen LogP contribution in [-0.2, 0) is 4.79 Å². The molecule has 24 heavy (non-hydrogen) atoms. The van der Waals surface area contributed by atoms with Crippen LogP contribution in [0.5, 0.6) is 0 Å². The lowest BCUT2D eigenvalue weighted by atomic mass is 9.68. The summed E-state index contributed by atoms with van der Waals surface area (Å²) in [6.07, 6.45) is 3.79. The molecule has 0 rings (SSSR count). The molecular formula is C21H47NO2. The predicted molar refractivity (Wildman–Crippen MR) is 108 cm³/mol. The molecule has 0 aliphatic rings. The lowest BCUT2D eigenvalue weighted by molar-refractivity contribution is -0.125. The van der Waals surface area contributed by atoms with Crippen molar-refractivity contribution in [3.63, 3.8) is 0 Å². The fourth-order valence-electron chi connectivity index (χ4n) is 3.04. The Morgan fingerprint density at radius 2 is 1.42 bits per heavy atom. The fourth-order valence-corrected chi connectivity index (χ4v) is 3.04. The molecule has 0 atom stereocenters. The first-order valence-electron chi connectivity index (χ1n) is 9.57. The number of carbonyl (C=O) groups is 1. The molecule has 1 amide bonds. The maximum Gasteiger partial charge on any atom is 0.220 e. The SMILES string of the molecule is CC.CCCC(C)(C)NC(=O)CC(C)(C)CC(C)(C)C(C)C.CO. The Balaban J connectivity index is -0.00000102. The minimum absolute atomic E-state index is 0.0418. The van der Waals surface area contributed by atoms with Gasteiger partial charge in [0, 0.05) is 19.1 Å². The molecule has 0 fully saturated rings. The topological polar surface area (TPSA) is 49.3 Å². The van der Waals surface area contributed by atoms with Crippen molar-refractivity contribution in [2.75, 3.05) is 7.11 Å². The van der Waals surface area contributed by atoms with E-state index in [-0.39, 0.29) is 22.3 Å². The molecule has 0 aliphatic carbocycles. The monoisotopic (exact) mass is 345 g/mol. The third-order valence-electron chi connectivity index (χ3n) is 4.49. The van der Waals surface area contributed by atoms with Crippen molar-refractivity contribution < 1.29 is 9.90 Å². The lowest BCUT2D eigenvalue weighted by Crippen LogP contribution is -2.45. The van der Waals surface area contributed by atoms with Crippen LogP contribution in [0.15, 0.2) is 0 Å². The summed E-state index contributed by atoms with van der Waals surface area (Å²) in [7, 11) is 1.00. The highest BCUT2D eigenvalue weighted by Crippen LogP contribution is 2.40. The van der Waals surface area contributed by atoms with E-state index in [0.29, 0.717) is 12.3 Å². The maximum atomic E-state index is 12.3. The van der Waals surface area contributed by atoms with Gasteiger partial charge in [-0.15, -0.1) is 0 Å². The average Bonchev–Trinajstić information content (AvgIpc) is 2.39. The normalized spacial score (nSPS) is 11.9. The smallest absolute Gasteiger partial charge is 0.220 e. The zero-order valence-electron chi connectivity index (χ0n) is 18.8. The molecule has 2 N–H and O–H groups in total. The van der Waals surface area contributed by atoms with Crippen LogP contribution in [0.25, 0.3) is 0 Å². The molecule has 0 aromatic rings. The van der Waals surface area contributed by atoms with Crippen LogP contribution in [0, 0.1) is 16.7 Å². The predicted octanol–water partition coefficient (Wildman–Crippen LogP) is 5.80. The Hall–Kier alpha value is -0.570. The van der Waals surface area contributed by atoms with Gasteiger partial charge in [0.25, 0.3) is 0 Å². The molecule has 0 unspecified atom stereocenters. The summed E-state index contributed by atoms with van der Waals surface area (Å²) < 4.78 is 0. The van der Waals surface area contributed by atoms with Gasteiger partial charge < -0.3 is 10.4 Å². The van der Waals surface area contributed by atoms with Crippen molar-refractivity contribution in [1.29, 1.82) is 0 Å². The van der Waals surface area contributed by atoms with Gasteiger partial charge >= 0.3 is 0 Å². The van der Waals surface area contributed by atoms with Crippen LogP contribution < -0.4 is 5.32 Å². The first-order valence-corrected chi connectivity index (χ1v) is 9.57. The minimum atomic E-state index is -0.0878. The van der Waals surface area contributed by atoms with Crippen LogP contribution in [0.3, 0.4) is 0 Å². The first-order chi connectivity index (χ1) is 10.8. The highest BCUT2D eigenvalue weighted by Gasteiger charge is 2.33. The van der Waals surface area contributed by atoms with Gasteiger partial charge in [-0.25, -0.2) is 0 Å². The zero-order chi connectivity index (χ0) is 20.2. The van der Waals surface area contributed by atoms with Gasteiger partial charge in [0.05, 0.1) is 0 Å². The maximum absolute atomic E-state index is 12.3. The Bertz CT molecular complexity index is 318. The number of aliphatic hydroxyl groups is 1. The summed E-state index contributed by atoms with van der Waals surface area (Å²) in [4.78, 5) is 12.3. The molecule has 3 heteroatoms. The number of carbonyl (C=O) groups excluding carboxylic acids is 1. The summed E-state index contributed by atoms with van der Waals surface area (Å²) >= 11 is 0. The number of aliphatic hydroxyl groups excluding tert-OH is 1. The van der Waals surface area contributed by atoms with Crippen LogP contribution in [0.4, 0.5) is 0 Å². The summed E-state index contributed by atoms with van der Waals surface area (Å²) in [6.45, 7) is 23.9. The second-order valence-corrected chi connectivity index (χ2v) is 8.84. The third kappa shape index (κ3) is 13.8. The zero-order valence-corrected chi connectivity index (χ0v) is 18.8. The van der Waals surface area contributed by atoms with Gasteiger partial charge in [0.2, 0.25) is 5.91 Å².